The number of aromatic hydroxyl groups is 1. The summed E-state index contributed by atoms with van der Waals surface area (Å²) in [7, 11) is 3.37. The highest BCUT2D eigenvalue weighted by atomic mass is 19.1. The number of para-hydroxylation sites is 1. The van der Waals surface area contributed by atoms with Crippen LogP contribution < -0.4 is 5.32 Å². The van der Waals surface area contributed by atoms with Crippen molar-refractivity contribution in [3.8, 4) is 5.75 Å². The minimum Gasteiger partial charge on any atom is -0.508 e. The van der Waals surface area contributed by atoms with Gasteiger partial charge in [-0.05, 0) is 29.8 Å². The molecule has 21 heavy (non-hydrogen) atoms. The maximum absolute atomic E-state index is 13.2. The van der Waals surface area contributed by atoms with Gasteiger partial charge in [0.05, 0.1) is 5.56 Å². The van der Waals surface area contributed by atoms with E-state index in [0.717, 1.165) is 6.07 Å². The van der Waals surface area contributed by atoms with Gasteiger partial charge in [-0.1, -0.05) is 12.1 Å². The summed E-state index contributed by atoms with van der Waals surface area (Å²) in [6.45, 7) is 0.309. The standard InChI is InChI=1S/C16H17FN2O2/c1-19(2)16(21)14-5-3-4-6-15(14)18-10-11-7-12(17)9-13(20)8-11/h3-9,18,20H,10H2,1-2H3. The van der Waals surface area contributed by atoms with Gasteiger partial charge in [-0.3, -0.25) is 4.79 Å². The highest BCUT2D eigenvalue weighted by molar-refractivity contribution is 5.99. The maximum Gasteiger partial charge on any atom is 0.255 e. The summed E-state index contributed by atoms with van der Waals surface area (Å²) < 4.78 is 13.2. The van der Waals surface area contributed by atoms with Gasteiger partial charge in [0, 0.05) is 32.4 Å². The molecule has 4 nitrogen and oxygen atoms in total. The molecule has 1 amide bonds. The van der Waals surface area contributed by atoms with Crippen LogP contribution in [0, 0.1) is 5.82 Å². The molecule has 0 aliphatic carbocycles. The second-order valence-corrected chi connectivity index (χ2v) is 4.92. The Kier molecular flexibility index (Phi) is 4.42. The third-order valence-corrected chi connectivity index (χ3v) is 2.99. The second-order valence-electron chi connectivity index (χ2n) is 4.92. The molecular formula is C16H17FN2O2. The van der Waals surface area contributed by atoms with Crippen LogP contribution in [0.2, 0.25) is 0 Å². The van der Waals surface area contributed by atoms with Crippen LogP contribution in [0.25, 0.3) is 0 Å². The third-order valence-electron chi connectivity index (χ3n) is 2.99. The molecule has 0 atom stereocenters. The fourth-order valence-corrected chi connectivity index (χ4v) is 2.00. The first-order chi connectivity index (χ1) is 9.97. The van der Waals surface area contributed by atoms with E-state index in [9.17, 15) is 14.3 Å². The minimum atomic E-state index is -0.496. The molecule has 0 saturated carbocycles. The Morgan fingerprint density at radius 1 is 1.24 bits per heavy atom. The van der Waals surface area contributed by atoms with Crippen LogP contribution in [-0.4, -0.2) is 30.0 Å². The number of anilines is 1. The van der Waals surface area contributed by atoms with Gasteiger partial charge in [0.25, 0.3) is 5.91 Å². The Morgan fingerprint density at radius 2 is 1.95 bits per heavy atom. The molecule has 0 aliphatic heterocycles. The molecule has 0 radical (unpaired) electrons. The van der Waals surface area contributed by atoms with Crippen molar-refractivity contribution < 1.29 is 14.3 Å². The number of halogens is 1. The molecule has 110 valence electrons. The van der Waals surface area contributed by atoms with E-state index >= 15 is 0 Å². The summed E-state index contributed by atoms with van der Waals surface area (Å²) in [6.07, 6.45) is 0. The predicted octanol–water partition coefficient (Wildman–Crippen LogP) is 2.85. The van der Waals surface area contributed by atoms with Crippen molar-refractivity contribution in [1.29, 1.82) is 0 Å². The van der Waals surface area contributed by atoms with Crippen molar-refractivity contribution in [3.05, 3.63) is 59.4 Å². The molecule has 0 saturated heterocycles. The smallest absolute Gasteiger partial charge is 0.255 e. The van der Waals surface area contributed by atoms with Gasteiger partial charge in [-0.25, -0.2) is 4.39 Å². The fourth-order valence-electron chi connectivity index (χ4n) is 2.00. The molecule has 0 aromatic heterocycles. The Bertz CT molecular complexity index is 636. The van der Waals surface area contributed by atoms with E-state index in [0.29, 0.717) is 23.4 Å². The van der Waals surface area contributed by atoms with Crippen LogP contribution >= 0.6 is 0 Å². The number of hydrogen-bond donors (Lipinski definition) is 2. The molecule has 0 unspecified atom stereocenters. The molecule has 2 N–H and O–H groups in total. The van der Waals surface area contributed by atoms with Crippen LogP contribution in [0.5, 0.6) is 5.75 Å². The molecule has 0 fully saturated rings. The van der Waals surface area contributed by atoms with Gasteiger partial charge in [-0.15, -0.1) is 0 Å². The molecular weight excluding hydrogens is 271 g/mol. The van der Waals surface area contributed by atoms with Crippen LogP contribution in [0.1, 0.15) is 15.9 Å². The number of nitrogens with one attached hydrogen (secondary N) is 1. The predicted molar refractivity (Wildman–Crippen MR) is 79.9 cm³/mol. The Hall–Kier alpha value is -2.56. The lowest BCUT2D eigenvalue weighted by molar-refractivity contribution is 0.0828. The number of rotatable bonds is 4. The third kappa shape index (κ3) is 3.72. The number of phenolic OH excluding ortho intramolecular Hbond substituents is 1. The summed E-state index contributed by atoms with van der Waals surface area (Å²) in [6, 6.07) is 11.0. The van der Waals surface area contributed by atoms with Crippen molar-refractivity contribution >= 4 is 11.6 Å². The number of phenols is 1. The SMILES string of the molecule is CN(C)C(=O)c1ccccc1NCc1cc(O)cc(F)c1. The van der Waals surface area contributed by atoms with E-state index < -0.39 is 5.82 Å². The van der Waals surface area contributed by atoms with Gasteiger partial charge in [0.2, 0.25) is 0 Å². The first-order valence-corrected chi connectivity index (χ1v) is 6.50. The number of nitrogens with zero attached hydrogens (tertiary/aromatic N) is 1. The van der Waals surface area contributed by atoms with Crippen molar-refractivity contribution in [2.24, 2.45) is 0 Å². The van der Waals surface area contributed by atoms with Gasteiger partial charge in [-0.2, -0.15) is 0 Å². The monoisotopic (exact) mass is 288 g/mol. The van der Waals surface area contributed by atoms with Crippen LogP contribution in [0.15, 0.2) is 42.5 Å². The van der Waals surface area contributed by atoms with Crippen LogP contribution in [0.4, 0.5) is 10.1 Å². The zero-order chi connectivity index (χ0) is 15.4. The van der Waals surface area contributed by atoms with Gasteiger partial charge >= 0.3 is 0 Å². The summed E-state index contributed by atoms with van der Waals surface area (Å²) in [5, 5.41) is 12.5. The van der Waals surface area contributed by atoms with Crippen molar-refractivity contribution in [2.75, 3.05) is 19.4 Å². The summed E-state index contributed by atoms with van der Waals surface area (Å²) >= 11 is 0. The van der Waals surface area contributed by atoms with Crippen LogP contribution in [0.3, 0.4) is 0 Å². The average Bonchev–Trinajstić information content (AvgIpc) is 2.43. The number of benzene rings is 2. The van der Waals surface area contributed by atoms with Crippen molar-refractivity contribution in [3.63, 3.8) is 0 Å². The molecule has 0 spiro atoms. The summed E-state index contributed by atoms with van der Waals surface area (Å²) in [5.74, 6) is -0.728. The van der Waals surface area contributed by atoms with Gasteiger partial charge in [0.15, 0.2) is 0 Å². The second kappa shape index (κ2) is 6.26. The van der Waals surface area contributed by atoms with E-state index in [2.05, 4.69) is 5.32 Å². The molecule has 2 rings (SSSR count). The maximum atomic E-state index is 13.2. The molecule has 2 aromatic rings. The zero-order valence-corrected chi connectivity index (χ0v) is 11.9. The van der Waals surface area contributed by atoms with Crippen molar-refractivity contribution in [1.82, 2.24) is 4.90 Å². The first-order valence-electron chi connectivity index (χ1n) is 6.50. The topological polar surface area (TPSA) is 52.6 Å². The summed E-state index contributed by atoms with van der Waals surface area (Å²) in [5.41, 5.74) is 1.81. The largest absolute Gasteiger partial charge is 0.508 e. The van der Waals surface area contributed by atoms with E-state index in [1.54, 1.807) is 32.3 Å². The minimum absolute atomic E-state index is 0.111. The number of carbonyl (C=O) groups excluding carboxylic acids is 1. The fraction of sp³-hybridized carbons (Fsp3) is 0.188. The molecule has 0 heterocycles. The Labute approximate surface area is 122 Å². The van der Waals surface area contributed by atoms with Crippen LogP contribution in [-0.2, 0) is 6.54 Å². The van der Waals surface area contributed by atoms with E-state index in [1.165, 1.54) is 17.0 Å². The quantitative estimate of drug-likeness (QED) is 0.909. The van der Waals surface area contributed by atoms with E-state index in [4.69, 9.17) is 0 Å². The highest BCUT2D eigenvalue weighted by Gasteiger charge is 2.12. The lowest BCUT2D eigenvalue weighted by Crippen LogP contribution is -2.22. The number of amides is 1. The normalized spacial score (nSPS) is 10.2. The number of hydrogen-bond acceptors (Lipinski definition) is 3. The molecule has 5 heteroatoms. The van der Waals surface area contributed by atoms with E-state index in [-0.39, 0.29) is 11.7 Å². The first kappa shape index (κ1) is 14.8. The molecule has 0 aliphatic rings. The number of carbonyl (C=O) groups is 1. The Balaban J connectivity index is 2.18. The Morgan fingerprint density at radius 3 is 2.62 bits per heavy atom. The highest BCUT2D eigenvalue weighted by Crippen LogP contribution is 2.19. The molecule has 2 aromatic carbocycles. The lowest BCUT2D eigenvalue weighted by Gasteiger charge is -2.15. The average molecular weight is 288 g/mol. The molecule has 0 bridgehead atoms. The lowest BCUT2D eigenvalue weighted by atomic mass is 10.1. The summed E-state index contributed by atoms with van der Waals surface area (Å²) in [4.78, 5) is 13.6. The van der Waals surface area contributed by atoms with E-state index in [1.807, 2.05) is 6.07 Å². The van der Waals surface area contributed by atoms with Gasteiger partial charge in [0.1, 0.15) is 11.6 Å². The zero-order valence-electron chi connectivity index (χ0n) is 11.9. The van der Waals surface area contributed by atoms with Gasteiger partial charge < -0.3 is 15.3 Å². The van der Waals surface area contributed by atoms with Crippen molar-refractivity contribution in [2.45, 2.75) is 6.54 Å².